The van der Waals surface area contributed by atoms with Crippen molar-refractivity contribution in [3.63, 3.8) is 0 Å². The van der Waals surface area contributed by atoms with E-state index in [-0.39, 0.29) is 47.4 Å². The molecule has 3 aromatic heterocycles. The minimum Gasteiger partial charge on any atom is -0.657 e. The van der Waals surface area contributed by atoms with Crippen molar-refractivity contribution in [2.24, 2.45) is 11.8 Å². The summed E-state index contributed by atoms with van der Waals surface area (Å²) in [6, 6.07) is -0.142. The van der Waals surface area contributed by atoms with E-state index in [1.807, 2.05) is 25.2 Å². The minimum absolute atomic E-state index is 0. The Kier molecular flexibility index (Phi) is 7.68. The fraction of sp³-hybridized carbons (Fsp3) is 0.364. The average molecular weight is 560 g/mol. The molecule has 3 N–H and O–H groups in total. The molecular formula is C33H35MgN4O3-. The monoisotopic (exact) mass is 559 g/mol. The van der Waals surface area contributed by atoms with Crippen LogP contribution in [-0.4, -0.2) is 45.3 Å². The summed E-state index contributed by atoms with van der Waals surface area (Å²) in [5.74, 6) is -0.376. The van der Waals surface area contributed by atoms with Gasteiger partial charge in [-0.1, -0.05) is 72.6 Å². The molecule has 2 aliphatic heterocycles. The van der Waals surface area contributed by atoms with Gasteiger partial charge in [0.15, 0.2) is 0 Å². The number of allylic oxidation sites excluding steroid dienone is 1. The number of hydrogen-bond donors (Lipinski definition) is 3. The normalized spacial score (nSPS) is 23.5. The zero-order valence-corrected chi connectivity index (χ0v) is 25.8. The third kappa shape index (κ3) is 4.61. The average Bonchev–Trinajstić information content (AvgIpc) is 3.65. The maximum atomic E-state index is 11.6. The van der Waals surface area contributed by atoms with Gasteiger partial charge in [-0.15, -0.1) is 33.1 Å². The molecule has 0 spiro atoms. The number of aromatic nitrogens is 3. The third-order valence-electron chi connectivity index (χ3n) is 9.22. The summed E-state index contributed by atoms with van der Waals surface area (Å²) in [5, 5.41) is 27.8. The van der Waals surface area contributed by atoms with Crippen LogP contribution in [-0.2, 0) is 11.2 Å². The van der Waals surface area contributed by atoms with Crippen LogP contribution in [0.1, 0.15) is 78.0 Å². The van der Waals surface area contributed by atoms with Crippen LogP contribution < -0.4 is 41.5 Å². The number of hydrogen-bond acceptors (Lipinski definition) is 3. The van der Waals surface area contributed by atoms with Crippen molar-refractivity contribution >= 4 is 64.7 Å². The second-order valence-corrected chi connectivity index (χ2v) is 11.4. The number of carbonyl (C=O) groups is 1. The fourth-order valence-corrected chi connectivity index (χ4v) is 6.92. The molecule has 8 bridgehead atoms. The van der Waals surface area contributed by atoms with Gasteiger partial charge in [0.1, 0.15) is 5.76 Å². The van der Waals surface area contributed by atoms with Gasteiger partial charge in [-0.2, -0.15) is 0 Å². The Morgan fingerprint density at radius 2 is 1.76 bits per heavy atom. The van der Waals surface area contributed by atoms with Crippen LogP contribution in [0.4, 0.5) is 0 Å². The second-order valence-electron chi connectivity index (χ2n) is 11.4. The first kappa shape index (κ1) is 29.1. The standard InChI is InChI=1S/C33H35N4O3.Mg/c1-7-19-15(3)23-12-25-17(5)21(9-10-30(39)40)32(36-25)22-11-29(38)31-18(6)26(37-33(22)31)14-28-20(8-2)16(4)24(35-28)13-27(19)34-23;/h7,12-14,17,21,32,36,38H,1,8-11H2,2-6H3,(H,39,40);/q-3;+2/b24-13-,25-12-,28-14-;/t17-,21-,32?;/m0./s1. The zero-order chi connectivity index (χ0) is 28.5. The molecule has 3 atom stereocenters. The van der Waals surface area contributed by atoms with Gasteiger partial charge in [0.25, 0.3) is 0 Å². The summed E-state index contributed by atoms with van der Waals surface area (Å²) < 4.78 is 0. The predicted octanol–water partition coefficient (Wildman–Crippen LogP) is 1.63. The van der Waals surface area contributed by atoms with Gasteiger partial charge < -0.3 is 30.5 Å². The van der Waals surface area contributed by atoms with E-state index in [9.17, 15) is 15.0 Å². The van der Waals surface area contributed by atoms with Gasteiger partial charge in [-0.25, -0.2) is 0 Å². The van der Waals surface area contributed by atoms with Crippen molar-refractivity contribution in [3.8, 4) is 0 Å². The number of rotatable bonds is 5. The van der Waals surface area contributed by atoms with Crippen molar-refractivity contribution in [2.45, 2.75) is 66.3 Å². The number of nitrogens with one attached hydrogen (secondary N) is 1. The maximum Gasteiger partial charge on any atom is 2.00 e. The van der Waals surface area contributed by atoms with E-state index < -0.39 is 5.97 Å². The molecule has 8 heteroatoms. The summed E-state index contributed by atoms with van der Waals surface area (Å²) >= 11 is 0. The molecule has 0 radical (unpaired) electrons. The molecule has 1 aliphatic carbocycles. The van der Waals surface area contributed by atoms with Gasteiger partial charge in [0.05, 0.1) is 6.04 Å². The van der Waals surface area contributed by atoms with Crippen LogP contribution >= 0.6 is 0 Å². The Balaban J connectivity index is 0.00000337. The maximum absolute atomic E-state index is 11.6. The number of fused-ring (bicyclic) bond motifs is 8. The van der Waals surface area contributed by atoms with Crippen LogP contribution in [0.3, 0.4) is 0 Å². The number of aliphatic hydroxyl groups excluding tert-OH is 1. The van der Waals surface area contributed by atoms with E-state index in [0.29, 0.717) is 18.6 Å². The fourth-order valence-electron chi connectivity index (χ4n) is 6.92. The van der Waals surface area contributed by atoms with Crippen molar-refractivity contribution < 1.29 is 15.0 Å². The molecule has 6 rings (SSSR count). The molecule has 1 saturated heterocycles. The summed E-state index contributed by atoms with van der Waals surface area (Å²) in [5.41, 5.74) is 9.81. The second kappa shape index (κ2) is 10.8. The first-order valence-corrected chi connectivity index (χ1v) is 14.1. The van der Waals surface area contributed by atoms with Crippen LogP contribution in [0, 0.1) is 32.6 Å². The first-order chi connectivity index (χ1) is 19.1. The molecule has 1 fully saturated rings. The smallest absolute Gasteiger partial charge is 0.657 e. The van der Waals surface area contributed by atoms with Crippen LogP contribution in [0.25, 0.3) is 35.6 Å². The summed E-state index contributed by atoms with van der Waals surface area (Å²) in [7, 11) is 0. The Bertz CT molecular complexity index is 1870. The Hall–Kier alpha value is -3.36. The van der Waals surface area contributed by atoms with Crippen molar-refractivity contribution in [1.29, 1.82) is 0 Å². The molecular weight excluding hydrogens is 525 g/mol. The molecule has 208 valence electrons. The van der Waals surface area contributed by atoms with E-state index in [1.165, 1.54) is 5.56 Å². The van der Waals surface area contributed by atoms with Gasteiger partial charge in [0, 0.05) is 24.5 Å². The van der Waals surface area contributed by atoms with E-state index in [1.54, 1.807) is 0 Å². The molecule has 5 heterocycles. The molecule has 3 aliphatic rings. The Morgan fingerprint density at radius 3 is 2.44 bits per heavy atom. The van der Waals surface area contributed by atoms with Gasteiger partial charge >= 0.3 is 29.0 Å². The van der Waals surface area contributed by atoms with Gasteiger partial charge in [0.2, 0.25) is 0 Å². The summed E-state index contributed by atoms with van der Waals surface area (Å²) in [4.78, 5) is 26.7. The summed E-state index contributed by atoms with van der Waals surface area (Å²) in [6.07, 6.45) is 9.88. The van der Waals surface area contributed by atoms with E-state index >= 15 is 0 Å². The molecule has 0 aromatic carbocycles. The van der Waals surface area contributed by atoms with Crippen molar-refractivity contribution in [3.05, 3.63) is 78.4 Å². The largest absolute Gasteiger partial charge is 2.00 e. The molecule has 0 amide bonds. The number of carboxylic acids is 1. The number of aliphatic carboxylic acids is 1. The minimum atomic E-state index is -0.805. The predicted molar refractivity (Wildman–Crippen MR) is 163 cm³/mol. The number of nitrogens with zero attached hydrogens (tertiary/aromatic N) is 3. The zero-order valence-electron chi connectivity index (χ0n) is 24.4. The van der Waals surface area contributed by atoms with E-state index in [4.69, 9.17) is 15.0 Å². The number of aliphatic hydroxyl groups is 1. The van der Waals surface area contributed by atoms with Gasteiger partial charge in [-0.05, 0) is 50.3 Å². The van der Waals surface area contributed by atoms with Gasteiger partial charge in [-0.3, -0.25) is 4.79 Å². The SMILES string of the molecule is C=Cc1c2[n-]c(c1C)/C=C1\NC(C3=c4[n-]c(c(C)c4=C(O)C3)/C=c3\[n-]/c(c(C)c3CC)=C\2)[C@@H](CCC(=O)O)[C@@H]1C.[Mg+2]. The Morgan fingerprint density at radius 1 is 1.05 bits per heavy atom. The molecule has 0 saturated carbocycles. The molecule has 1 unspecified atom stereocenters. The molecule has 7 nitrogen and oxygen atoms in total. The van der Waals surface area contributed by atoms with Crippen molar-refractivity contribution in [1.82, 2.24) is 20.3 Å². The molecule has 3 aromatic rings. The summed E-state index contributed by atoms with van der Waals surface area (Å²) in [6.45, 7) is 14.5. The van der Waals surface area contributed by atoms with Crippen LogP contribution in [0.2, 0.25) is 0 Å². The van der Waals surface area contributed by atoms with E-state index in [2.05, 4.69) is 45.7 Å². The third-order valence-corrected chi connectivity index (χ3v) is 9.22. The first-order valence-electron chi connectivity index (χ1n) is 14.1. The van der Waals surface area contributed by atoms with Crippen LogP contribution in [0.5, 0.6) is 0 Å². The van der Waals surface area contributed by atoms with Crippen molar-refractivity contribution in [2.75, 3.05) is 0 Å². The van der Waals surface area contributed by atoms with Crippen LogP contribution in [0.15, 0.2) is 12.3 Å². The van der Waals surface area contributed by atoms with E-state index in [0.717, 1.165) is 78.3 Å². The Labute approximate surface area is 255 Å². The topological polar surface area (TPSA) is 112 Å². The molecule has 41 heavy (non-hydrogen) atoms. The quantitative estimate of drug-likeness (QED) is 0.407. The number of carboxylic acid groups (broad SMARTS) is 1.